The number of fused-ring (bicyclic) bond motifs is 2. The number of cyclic esters (lactones) is 1. The molecule has 4 rings (SSSR count). The number of carbonyl (C=O) groups excluding carboxylic acids is 1. The smallest absolute Gasteiger partial charge is 0.341 e. The van der Waals surface area contributed by atoms with Crippen LogP contribution in [0.25, 0.3) is 5.57 Å². The summed E-state index contributed by atoms with van der Waals surface area (Å²) < 4.78 is 24.1. The molecule has 0 saturated heterocycles. The van der Waals surface area contributed by atoms with Gasteiger partial charge in [-0.2, -0.15) is 4.36 Å². The van der Waals surface area contributed by atoms with Crippen LogP contribution in [0.5, 0.6) is 0 Å². The van der Waals surface area contributed by atoms with E-state index in [1.807, 2.05) is 56.3 Å². The third-order valence-corrected chi connectivity index (χ3v) is 6.92. The molecule has 0 N–H and O–H groups in total. The van der Waals surface area contributed by atoms with Crippen LogP contribution in [0, 0.1) is 13.8 Å². The Morgan fingerprint density at radius 1 is 1.00 bits per heavy atom. The topological polar surface area (TPSA) is 55.7 Å². The number of carbonyl (C=O) groups is 1. The van der Waals surface area contributed by atoms with Crippen LogP contribution >= 0.6 is 0 Å². The monoisotopic (exact) mass is 353 g/mol. The number of benzene rings is 2. The standard InChI is InChI=1S/C20H19NO3S/c1-12-5-8-14(9-6-12)25(23)16-10-7-13(2)11-15(16)17-18(21-25)20(3,4)24-19(17)22/h5-11H,1-4H3/t25-/m0/s1. The Morgan fingerprint density at radius 3 is 2.32 bits per heavy atom. The van der Waals surface area contributed by atoms with Gasteiger partial charge < -0.3 is 4.74 Å². The highest BCUT2D eigenvalue weighted by atomic mass is 32.2. The fourth-order valence-electron chi connectivity index (χ4n) is 3.28. The summed E-state index contributed by atoms with van der Waals surface area (Å²) in [6.07, 6.45) is 0. The lowest BCUT2D eigenvalue weighted by molar-refractivity contribution is -0.142. The Kier molecular flexibility index (Phi) is 3.25. The zero-order chi connectivity index (χ0) is 18.0. The van der Waals surface area contributed by atoms with Crippen molar-refractivity contribution in [3.8, 4) is 0 Å². The Morgan fingerprint density at radius 2 is 1.64 bits per heavy atom. The lowest BCUT2D eigenvalue weighted by atomic mass is 9.97. The molecule has 0 aromatic heterocycles. The first kappa shape index (κ1) is 16.1. The number of aryl methyl sites for hydroxylation is 2. The predicted molar refractivity (Wildman–Crippen MR) is 96.6 cm³/mol. The molecular weight excluding hydrogens is 334 g/mol. The highest BCUT2D eigenvalue weighted by Gasteiger charge is 2.46. The molecule has 2 aliphatic heterocycles. The van der Waals surface area contributed by atoms with Crippen molar-refractivity contribution < 1.29 is 13.7 Å². The van der Waals surface area contributed by atoms with Gasteiger partial charge in [-0.05, 0) is 52.0 Å². The van der Waals surface area contributed by atoms with Gasteiger partial charge in [-0.1, -0.05) is 29.3 Å². The fraction of sp³-hybridized carbons (Fsp3) is 0.250. The van der Waals surface area contributed by atoms with E-state index in [2.05, 4.69) is 4.36 Å². The highest BCUT2D eigenvalue weighted by Crippen LogP contribution is 2.46. The van der Waals surface area contributed by atoms with E-state index in [0.29, 0.717) is 26.6 Å². The van der Waals surface area contributed by atoms with Crippen molar-refractivity contribution in [2.75, 3.05) is 0 Å². The maximum Gasteiger partial charge on any atom is 0.341 e. The number of hydrogen-bond acceptors (Lipinski definition) is 4. The molecule has 5 heteroatoms. The summed E-state index contributed by atoms with van der Waals surface area (Å²) in [4.78, 5) is 13.7. The van der Waals surface area contributed by atoms with Crippen molar-refractivity contribution in [2.24, 2.45) is 4.36 Å². The molecule has 0 aliphatic carbocycles. The van der Waals surface area contributed by atoms with Crippen LogP contribution in [-0.4, -0.2) is 15.8 Å². The average molecular weight is 353 g/mol. The number of ether oxygens (including phenoxy) is 1. The summed E-state index contributed by atoms with van der Waals surface area (Å²) in [6.45, 7) is 7.50. The first-order valence-electron chi connectivity index (χ1n) is 8.15. The van der Waals surface area contributed by atoms with Crippen molar-refractivity contribution in [3.63, 3.8) is 0 Å². The maximum atomic E-state index is 14.0. The second-order valence-electron chi connectivity index (χ2n) is 7.05. The molecule has 2 aromatic rings. The molecule has 2 aliphatic rings. The molecule has 0 spiro atoms. The molecule has 4 nitrogen and oxygen atoms in total. The number of nitrogens with zero attached hydrogens (tertiary/aromatic N) is 1. The van der Waals surface area contributed by atoms with Crippen LogP contribution in [0.15, 0.2) is 62.3 Å². The fourth-order valence-corrected chi connectivity index (χ4v) is 5.52. The van der Waals surface area contributed by atoms with Crippen LogP contribution in [0.3, 0.4) is 0 Å². The van der Waals surface area contributed by atoms with Crippen LogP contribution in [0.2, 0.25) is 0 Å². The van der Waals surface area contributed by atoms with Gasteiger partial charge in [0.1, 0.15) is 15.4 Å². The van der Waals surface area contributed by atoms with Crippen LogP contribution < -0.4 is 0 Å². The summed E-state index contributed by atoms with van der Waals surface area (Å²) in [6, 6.07) is 13.2. The van der Waals surface area contributed by atoms with Gasteiger partial charge in [-0.25, -0.2) is 9.00 Å². The van der Waals surface area contributed by atoms with Crippen molar-refractivity contribution in [1.82, 2.24) is 0 Å². The highest BCUT2D eigenvalue weighted by molar-refractivity contribution is 7.94. The van der Waals surface area contributed by atoms with E-state index in [1.165, 1.54) is 0 Å². The lowest BCUT2D eigenvalue weighted by Gasteiger charge is -2.23. The molecule has 0 fully saturated rings. The molecule has 25 heavy (non-hydrogen) atoms. The molecule has 0 radical (unpaired) electrons. The van der Waals surface area contributed by atoms with Crippen molar-refractivity contribution in [1.29, 1.82) is 0 Å². The van der Waals surface area contributed by atoms with Gasteiger partial charge in [0.05, 0.1) is 15.4 Å². The van der Waals surface area contributed by atoms with Gasteiger partial charge in [0.15, 0.2) is 5.60 Å². The van der Waals surface area contributed by atoms with Gasteiger partial charge in [0, 0.05) is 5.56 Å². The van der Waals surface area contributed by atoms with Gasteiger partial charge in [0.2, 0.25) is 0 Å². The molecule has 128 valence electrons. The minimum absolute atomic E-state index is 0.402. The van der Waals surface area contributed by atoms with Crippen LogP contribution in [-0.2, 0) is 19.3 Å². The third kappa shape index (κ3) is 2.26. The van der Waals surface area contributed by atoms with E-state index in [9.17, 15) is 9.00 Å². The maximum absolute atomic E-state index is 14.0. The first-order valence-corrected chi connectivity index (χ1v) is 9.67. The lowest BCUT2D eigenvalue weighted by Crippen LogP contribution is -2.23. The zero-order valence-corrected chi connectivity index (χ0v) is 15.4. The Balaban J connectivity index is 2.12. The van der Waals surface area contributed by atoms with E-state index >= 15 is 0 Å². The van der Waals surface area contributed by atoms with E-state index in [-0.39, 0.29) is 0 Å². The Bertz CT molecular complexity index is 1070. The minimum atomic E-state index is -2.88. The molecule has 0 saturated carbocycles. The van der Waals surface area contributed by atoms with E-state index in [4.69, 9.17) is 4.74 Å². The summed E-state index contributed by atoms with van der Waals surface area (Å²) >= 11 is 0. The molecule has 2 aromatic carbocycles. The van der Waals surface area contributed by atoms with Gasteiger partial charge in [0.25, 0.3) is 0 Å². The third-order valence-electron chi connectivity index (χ3n) is 4.62. The van der Waals surface area contributed by atoms with Gasteiger partial charge >= 0.3 is 5.97 Å². The number of hydrogen-bond donors (Lipinski definition) is 0. The Labute approximate surface area is 147 Å². The van der Waals surface area contributed by atoms with E-state index in [1.54, 1.807) is 13.8 Å². The first-order chi connectivity index (χ1) is 11.7. The van der Waals surface area contributed by atoms with Crippen molar-refractivity contribution >= 4 is 21.3 Å². The molecule has 0 amide bonds. The largest absolute Gasteiger partial charge is 0.449 e. The number of esters is 1. The van der Waals surface area contributed by atoms with Crippen molar-refractivity contribution in [3.05, 3.63) is 64.9 Å². The van der Waals surface area contributed by atoms with E-state index < -0.39 is 21.3 Å². The number of rotatable bonds is 1. The summed E-state index contributed by atoms with van der Waals surface area (Å²) in [5, 5.41) is 0. The predicted octanol–water partition coefficient (Wildman–Crippen LogP) is 4.25. The van der Waals surface area contributed by atoms with Gasteiger partial charge in [-0.15, -0.1) is 0 Å². The quantitative estimate of drug-likeness (QED) is 0.720. The van der Waals surface area contributed by atoms with Crippen molar-refractivity contribution in [2.45, 2.75) is 43.1 Å². The second kappa shape index (κ2) is 5.05. The summed E-state index contributed by atoms with van der Waals surface area (Å²) in [5.41, 5.74) is 2.78. The molecular formula is C20H19NO3S. The summed E-state index contributed by atoms with van der Waals surface area (Å²) in [5.74, 6) is -0.402. The van der Waals surface area contributed by atoms with Gasteiger partial charge in [-0.3, -0.25) is 0 Å². The normalized spacial score (nSPS) is 23.6. The average Bonchev–Trinajstić information content (AvgIpc) is 2.76. The summed E-state index contributed by atoms with van der Waals surface area (Å²) in [7, 11) is -2.88. The minimum Gasteiger partial charge on any atom is -0.449 e. The van der Waals surface area contributed by atoms with Crippen LogP contribution in [0.1, 0.15) is 30.5 Å². The molecule has 1 atom stereocenters. The SMILES string of the molecule is Cc1ccc([S@@]2(=O)=NC3=C(C(=O)OC3(C)C)c3cc(C)ccc32)cc1. The molecule has 0 unspecified atom stereocenters. The Hall–Kier alpha value is -2.40. The molecule has 0 bridgehead atoms. The van der Waals surface area contributed by atoms with Crippen LogP contribution in [0.4, 0.5) is 0 Å². The van der Waals surface area contributed by atoms with E-state index in [0.717, 1.165) is 11.1 Å². The zero-order valence-electron chi connectivity index (χ0n) is 14.6. The second-order valence-corrected chi connectivity index (χ2v) is 9.20. The molecule has 2 heterocycles.